The number of aromatic nitrogens is 1. The van der Waals surface area contributed by atoms with Gasteiger partial charge in [0.05, 0.1) is 24.7 Å². The van der Waals surface area contributed by atoms with E-state index in [4.69, 9.17) is 14.7 Å². The Morgan fingerprint density at radius 1 is 1.32 bits per heavy atom. The normalized spacial score (nSPS) is 15.7. The van der Waals surface area contributed by atoms with Crippen LogP contribution in [0, 0.1) is 11.3 Å². The van der Waals surface area contributed by atoms with E-state index in [1.54, 1.807) is 19.4 Å². The van der Waals surface area contributed by atoms with Crippen LogP contribution in [0.5, 0.6) is 0 Å². The second-order valence-corrected chi connectivity index (χ2v) is 6.08. The first kappa shape index (κ1) is 19.2. The molecule has 1 aromatic rings. The molecule has 2 rings (SSSR count). The van der Waals surface area contributed by atoms with Crippen molar-refractivity contribution < 1.29 is 14.3 Å². The molecule has 1 fully saturated rings. The molecule has 0 N–H and O–H groups in total. The minimum Gasteiger partial charge on any atom is -0.382 e. The zero-order valence-corrected chi connectivity index (χ0v) is 15.0. The summed E-state index contributed by atoms with van der Waals surface area (Å²) in [6, 6.07) is 5.68. The number of amides is 1. The van der Waals surface area contributed by atoms with Crippen LogP contribution in [0.1, 0.15) is 25.3 Å². The number of methoxy groups -OCH3 is 1. The summed E-state index contributed by atoms with van der Waals surface area (Å²) in [6.07, 6.45) is 3.01. The van der Waals surface area contributed by atoms with Gasteiger partial charge in [-0.3, -0.25) is 4.79 Å². The Labute approximate surface area is 149 Å². The number of piperazine rings is 1. The molecule has 136 valence electrons. The minimum atomic E-state index is 0.132. The van der Waals surface area contributed by atoms with Crippen LogP contribution in [0.3, 0.4) is 0 Å². The maximum Gasteiger partial charge on any atom is 0.225 e. The molecule has 1 aromatic heterocycles. The van der Waals surface area contributed by atoms with E-state index < -0.39 is 0 Å². The molecule has 1 aliphatic heterocycles. The van der Waals surface area contributed by atoms with Crippen LogP contribution >= 0.6 is 0 Å². The van der Waals surface area contributed by atoms with E-state index in [1.165, 1.54) is 0 Å². The number of ether oxygens (including phenoxy) is 2. The minimum absolute atomic E-state index is 0.132. The largest absolute Gasteiger partial charge is 0.382 e. The van der Waals surface area contributed by atoms with E-state index in [1.807, 2.05) is 17.9 Å². The van der Waals surface area contributed by atoms with Gasteiger partial charge in [0, 0.05) is 46.1 Å². The van der Waals surface area contributed by atoms with Crippen molar-refractivity contribution in [3.05, 3.63) is 23.9 Å². The van der Waals surface area contributed by atoms with Gasteiger partial charge in [0.15, 0.2) is 0 Å². The Balaban J connectivity index is 1.67. The molecule has 7 heteroatoms. The summed E-state index contributed by atoms with van der Waals surface area (Å²) in [6.45, 7) is 5.92. The Bertz CT molecular complexity index is 577. The zero-order valence-electron chi connectivity index (χ0n) is 15.0. The molecular formula is C18H26N4O3. The maximum absolute atomic E-state index is 12.2. The quantitative estimate of drug-likeness (QED) is 0.663. The van der Waals surface area contributed by atoms with Gasteiger partial charge in [-0.05, 0) is 25.5 Å². The molecule has 7 nitrogen and oxygen atoms in total. The highest BCUT2D eigenvalue weighted by Gasteiger charge is 2.21. The predicted octanol–water partition coefficient (Wildman–Crippen LogP) is 1.43. The fourth-order valence-corrected chi connectivity index (χ4v) is 2.61. The van der Waals surface area contributed by atoms with E-state index in [0.717, 1.165) is 25.3 Å². The third-order valence-corrected chi connectivity index (χ3v) is 4.36. The number of carbonyl (C=O) groups is 1. The van der Waals surface area contributed by atoms with E-state index in [9.17, 15) is 4.79 Å². The Morgan fingerprint density at radius 2 is 2.08 bits per heavy atom. The summed E-state index contributed by atoms with van der Waals surface area (Å²) in [5.41, 5.74) is 0.553. The topological polar surface area (TPSA) is 78.7 Å². The summed E-state index contributed by atoms with van der Waals surface area (Å²) in [5.74, 6) is 0.980. The lowest BCUT2D eigenvalue weighted by Crippen LogP contribution is -2.49. The van der Waals surface area contributed by atoms with Gasteiger partial charge in [-0.15, -0.1) is 0 Å². The molecule has 0 saturated carbocycles. The third-order valence-electron chi connectivity index (χ3n) is 4.36. The summed E-state index contributed by atoms with van der Waals surface area (Å²) in [4.78, 5) is 20.5. The molecule has 0 aliphatic carbocycles. The fraction of sp³-hybridized carbons (Fsp3) is 0.611. The van der Waals surface area contributed by atoms with Crippen molar-refractivity contribution in [2.45, 2.75) is 25.9 Å². The molecule has 0 bridgehead atoms. The van der Waals surface area contributed by atoms with Gasteiger partial charge in [0.2, 0.25) is 5.91 Å². The standard InChI is InChI=1S/C18H26N4O3/c1-15(24-2)5-11-25-12-6-18(23)22-9-7-21(8-10-22)17-4-3-16(13-19)14-20-17/h3-4,14-15H,5-12H2,1-2H3. The average molecular weight is 346 g/mol. The van der Waals surface area contributed by atoms with Crippen LogP contribution < -0.4 is 4.90 Å². The number of anilines is 1. The van der Waals surface area contributed by atoms with Crippen LogP contribution in [0.15, 0.2) is 18.3 Å². The number of nitrogens with zero attached hydrogens (tertiary/aromatic N) is 4. The molecule has 2 heterocycles. The Morgan fingerprint density at radius 3 is 2.68 bits per heavy atom. The highest BCUT2D eigenvalue weighted by atomic mass is 16.5. The van der Waals surface area contributed by atoms with E-state index in [0.29, 0.717) is 38.3 Å². The lowest BCUT2D eigenvalue weighted by Gasteiger charge is -2.35. The van der Waals surface area contributed by atoms with Crippen molar-refractivity contribution >= 4 is 11.7 Å². The summed E-state index contributed by atoms with van der Waals surface area (Å²) < 4.78 is 10.7. The highest BCUT2D eigenvalue weighted by Crippen LogP contribution is 2.14. The fourth-order valence-electron chi connectivity index (χ4n) is 2.61. The third kappa shape index (κ3) is 6.00. The van der Waals surface area contributed by atoms with Crippen LogP contribution in [0.25, 0.3) is 0 Å². The summed E-state index contributed by atoms with van der Waals surface area (Å²) >= 11 is 0. The zero-order chi connectivity index (χ0) is 18.1. The van der Waals surface area contributed by atoms with Crippen LogP contribution in [-0.4, -0.2) is 68.4 Å². The lowest BCUT2D eigenvalue weighted by molar-refractivity contribution is -0.132. The maximum atomic E-state index is 12.2. The number of carbonyl (C=O) groups excluding carboxylic acids is 1. The van der Waals surface area contributed by atoms with Crippen molar-refractivity contribution in [3.63, 3.8) is 0 Å². The SMILES string of the molecule is COC(C)CCOCCC(=O)N1CCN(c2ccc(C#N)cn2)CC1. The van der Waals surface area contributed by atoms with Gasteiger partial charge >= 0.3 is 0 Å². The predicted molar refractivity (Wildman–Crippen MR) is 94.3 cm³/mol. The van der Waals surface area contributed by atoms with Crippen LogP contribution in [0.2, 0.25) is 0 Å². The number of hydrogen-bond donors (Lipinski definition) is 0. The van der Waals surface area contributed by atoms with Gasteiger partial charge < -0.3 is 19.3 Å². The lowest BCUT2D eigenvalue weighted by atomic mass is 10.2. The second-order valence-electron chi connectivity index (χ2n) is 6.08. The first-order valence-corrected chi connectivity index (χ1v) is 8.63. The Kier molecular flexibility index (Phi) is 7.64. The van der Waals surface area contributed by atoms with Crippen molar-refractivity contribution in [2.75, 3.05) is 51.4 Å². The summed E-state index contributed by atoms with van der Waals surface area (Å²) in [7, 11) is 1.68. The smallest absolute Gasteiger partial charge is 0.225 e. The molecule has 1 atom stereocenters. The van der Waals surface area contributed by atoms with E-state index in [-0.39, 0.29) is 12.0 Å². The van der Waals surface area contributed by atoms with Crippen molar-refractivity contribution in [3.8, 4) is 6.07 Å². The molecule has 1 amide bonds. The van der Waals surface area contributed by atoms with Gasteiger partial charge in [-0.2, -0.15) is 5.26 Å². The highest BCUT2D eigenvalue weighted by molar-refractivity contribution is 5.76. The van der Waals surface area contributed by atoms with Crippen LogP contribution in [-0.2, 0) is 14.3 Å². The first-order valence-electron chi connectivity index (χ1n) is 8.63. The van der Waals surface area contributed by atoms with E-state index >= 15 is 0 Å². The molecule has 0 radical (unpaired) electrons. The van der Waals surface area contributed by atoms with E-state index in [2.05, 4.69) is 16.0 Å². The molecule has 1 unspecified atom stereocenters. The average Bonchev–Trinajstić information content (AvgIpc) is 2.67. The molecule has 0 spiro atoms. The number of rotatable bonds is 8. The molecular weight excluding hydrogens is 320 g/mol. The van der Waals surface area contributed by atoms with Crippen molar-refractivity contribution in [1.29, 1.82) is 5.26 Å². The van der Waals surface area contributed by atoms with Gasteiger partial charge in [-0.25, -0.2) is 4.98 Å². The number of pyridine rings is 1. The molecule has 1 saturated heterocycles. The number of hydrogen-bond acceptors (Lipinski definition) is 6. The molecule has 25 heavy (non-hydrogen) atoms. The summed E-state index contributed by atoms with van der Waals surface area (Å²) in [5, 5.41) is 8.81. The monoisotopic (exact) mass is 346 g/mol. The van der Waals surface area contributed by atoms with Gasteiger partial charge in [0.25, 0.3) is 0 Å². The van der Waals surface area contributed by atoms with Crippen LogP contribution in [0.4, 0.5) is 5.82 Å². The Hall–Kier alpha value is -2.17. The molecule has 1 aliphatic rings. The first-order chi connectivity index (χ1) is 12.1. The van der Waals surface area contributed by atoms with Crippen molar-refractivity contribution in [2.24, 2.45) is 0 Å². The van der Waals surface area contributed by atoms with Gasteiger partial charge in [0.1, 0.15) is 11.9 Å². The van der Waals surface area contributed by atoms with Crippen molar-refractivity contribution in [1.82, 2.24) is 9.88 Å². The number of nitriles is 1. The molecule has 0 aromatic carbocycles. The van der Waals surface area contributed by atoms with Gasteiger partial charge in [-0.1, -0.05) is 0 Å². The second kappa shape index (κ2) is 9.97.